The Morgan fingerprint density at radius 3 is 2.29 bits per heavy atom. The zero-order chi connectivity index (χ0) is 9.71. The number of carbonyl (C=O) groups is 1. The van der Waals surface area contributed by atoms with Crippen molar-refractivity contribution < 1.29 is 4.79 Å². The van der Waals surface area contributed by atoms with Crippen molar-refractivity contribution in [3.05, 3.63) is 0 Å². The van der Waals surface area contributed by atoms with Crippen molar-refractivity contribution in [2.45, 2.75) is 19.3 Å². The highest BCUT2D eigenvalue weighted by molar-refractivity contribution is 5.73. The summed E-state index contributed by atoms with van der Waals surface area (Å²) in [6.07, 6.45) is 4.21. The van der Waals surface area contributed by atoms with Crippen LogP contribution < -0.4 is 11.3 Å². The Hall–Kier alpha value is -0.770. The van der Waals surface area contributed by atoms with E-state index in [0.717, 1.165) is 36.8 Å². The first-order valence-corrected chi connectivity index (χ1v) is 5.55. The summed E-state index contributed by atoms with van der Waals surface area (Å²) in [5.41, 5.74) is 2.23. The highest BCUT2D eigenvalue weighted by Gasteiger charge is 2.52. The van der Waals surface area contributed by atoms with Crippen LogP contribution in [0, 0.1) is 23.7 Å². The van der Waals surface area contributed by atoms with Crippen LogP contribution in [0.15, 0.2) is 0 Å². The van der Waals surface area contributed by atoms with Crippen molar-refractivity contribution >= 4 is 6.03 Å². The van der Waals surface area contributed by atoms with Gasteiger partial charge >= 0.3 is 6.03 Å². The van der Waals surface area contributed by atoms with Gasteiger partial charge in [-0.1, -0.05) is 0 Å². The highest BCUT2D eigenvalue weighted by atomic mass is 16.2. The summed E-state index contributed by atoms with van der Waals surface area (Å²) in [7, 11) is 0. The fraction of sp³-hybridized carbons (Fsp3) is 0.900. The van der Waals surface area contributed by atoms with E-state index in [2.05, 4.69) is 5.43 Å². The number of nitrogens with two attached hydrogens (primary N) is 1. The van der Waals surface area contributed by atoms with Gasteiger partial charge in [0.25, 0.3) is 0 Å². The molecule has 1 heterocycles. The molecule has 3 N–H and O–H groups in total. The van der Waals surface area contributed by atoms with Gasteiger partial charge in [0.2, 0.25) is 0 Å². The van der Waals surface area contributed by atoms with Gasteiger partial charge in [0.1, 0.15) is 0 Å². The normalized spacial score (nSPS) is 44.2. The van der Waals surface area contributed by atoms with Gasteiger partial charge in [0.15, 0.2) is 0 Å². The molecule has 1 saturated heterocycles. The molecule has 0 aromatic carbocycles. The standard InChI is InChI=1S/C10H17N3O/c11-12-10(14)13-4-8-6-1-2-7(3-6)9(8)5-13/h6-9H,1-5,11H2,(H,12,14)/t6?,7?,8-,9+. The number of likely N-dealkylation sites (tertiary alicyclic amines) is 1. The Morgan fingerprint density at radius 2 is 1.79 bits per heavy atom. The molecule has 3 rings (SSSR count). The number of hydrogen-bond acceptors (Lipinski definition) is 2. The van der Waals surface area contributed by atoms with E-state index < -0.39 is 0 Å². The van der Waals surface area contributed by atoms with E-state index in [9.17, 15) is 4.79 Å². The lowest BCUT2D eigenvalue weighted by molar-refractivity contribution is 0.203. The summed E-state index contributed by atoms with van der Waals surface area (Å²) in [4.78, 5) is 13.3. The summed E-state index contributed by atoms with van der Waals surface area (Å²) in [5.74, 6) is 8.52. The lowest BCUT2D eigenvalue weighted by Gasteiger charge is -2.22. The summed E-state index contributed by atoms with van der Waals surface area (Å²) in [5, 5.41) is 0. The van der Waals surface area contributed by atoms with Crippen LogP contribution in [0.25, 0.3) is 0 Å². The van der Waals surface area contributed by atoms with Crippen LogP contribution >= 0.6 is 0 Å². The minimum atomic E-state index is -0.0983. The summed E-state index contributed by atoms with van der Waals surface area (Å²) < 4.78 is 0. The third-order valence-corrected chi connectivity index (χ3v) is 4.55. The van der Waals surface area contributed by atoms with Crippen LogP contribution in [-0.2, 0) is 0 Å². The minimum Gasteiger partial charge on any atom is -0.323 e. The van der Waals surface area contributed by atoms with Crippen molar-refractivity contribution in [3.8, 4) is 0 Å². The number of hydrazine groups is 1. The zero-order valence-corrected chi connectivity index (χ0v) is 8.28. The third kappa shape index (κ3) is 1.00. The van der Waals surface area contributed by atoms with E-state index in [1.165, 1.54) is 19.3 Å². The largest absolute Gasteiger partial charge is 0.331 e. The van der Waals surface area contributed by atoms with Gasteiger partial charge in [-0.05, 0) is 42.9 Å². The smallest absolute Gasteiger partial charge is 0.323 e. The number of amides is 2. The summed E-state index contributed by atoms with van der Waals surface area (Å²) >= 11 is 0. The van der Waals surface area contributed by atoms with Crippen molar-refractivity contribution in [2.24, 2.45) is 29.5 Å². The quantitative estimate of drug-likeness (QED) is 0.337. The second-order valence-electron chi connectivity index (χ2n) is 5.02. The van der Waals surface area contributed by atoms with Gasteiger partial charge in [-0.15, -0.1) is 0 Å². The molecule has 0 spiro atoms. The van der Waals surface area contributed by atoms with Crippen molar-refractivity contribution in [3.63, 3.8) is 0 Å². The molecule has 3 aliphatic rings. The molecular formula is C10H17N3O. The molecule has 14 heavy (non-hydrogen) atoms. The molecule has 4 atom stereocenters. The number of nitrogens with zero attached hydrogens (tertiary/aromatic N) is 1. The Morgan fingerprint density at radius 1 is 1.21 bits per heavy atom. The molecule has 2 bridgehead atoms. The average Bonchev–Trinajstić information content (AvgIpc) is 2.87. The Kier molecular flexibility index (Phi) is 1.74. The molecule has 0 aromatic rings. The van der Waals surface area contributed by atoms with Crippen molar-refractivity contribution in [2.75, 3.05) is 13.1 Å². The van der Waals surface area contributed by atoms with E-state index >= 15 is 0 Å². The van der Waals surface area contributed by atoms with E-state index in [0.29, 0.717) is 0 Å². The monoisotopic (exact) mass is 195 g/mol. The van der Waals surface area contributed by atoms with Gasteiger partial charge in [-0.3, -0.25) is 5.43 Å². The topological polar surface area (TPSA) is 58.4 Å². The zero-order valence-electron chi connectivity index (χ0n) is 8.28. The molecule has 1 aliphatic heterocycles. The molecule has 2 amide bonds. The van der Waals surface area contributed by atoms with Gasteiger partial charge < -0.3 is 4.90 Å². The molecule has 2 aliphatic carbocycles. The predicted molar refractivity (Wildman–Crippen MR) is 52.1 cm³/mol. The number of nitrogens with one attached hydrogen (secondary N) is 1. The first kappa shape index (κ1) is 8.53. The fourth-order valence-corrected chi connectivity index (χ4v) is 3.94. The molecule has 3 fully saturated rings. The second-order valence-corrected chi connectivity index (χ2v) is 5.02. The van der Waals surface area contributed by atoms with Crippen LogP contribution in [0.5, 0.6) is 0 Å². The number of hydrogen-bond donors (Lipinski definition) is 2. The van der Waals surface area contributed by atoms with Gasteiger partial charge in [-0.2, -0.15) is 0 Å². The lowest BCUT2D eigenvalue weighted by atomic mass is 9.82. The summed E-state index contributed by atoms with van der Waals surface area (Å²) in [6.45, 7) is 1.88. The number of rotatable bonds is 0. The molecule has 2 unspecified atom stereocenters. The maximum absolute atomic E-state index is 11.4. The van der Waals surface area contributed by atoms with E-state index in [-0.39, 0.29) is 6.03 Å². The van der Waals surface area contributed by atoms with Crippen LogP contribution in [-0.4, -0.2) is 24.0 Å². The van der Waals surface area contributed by atoms with Crippen LogP contribution in [0.2, 0.25) is 0 Å². The van der Waals surface area contributed by atoms with E-state index in [1.54, 1.807) is 0 Å². The van der Waals surface area contributed by atoms with Crippen molar-refractivity contribution in [1.29, 1.82) is 0 Å². The van der Waals surface area contributed by atoms with E-state index in [1.807, 2.05) is 4.90 Å². The van der Waals surface area contributed by atoms with Gasteiger partial charge in [-0.25, -0.2) is 10.6 Å². The van der Waals surface area contributed by atoms with Crippen LogP contribution in [0.4, 0.5) is 4.79 Å². The maximum Gasteiger partial charge on any atom is 0.331 e. The van der Waals surface area contributed by atoms with Crippen LogP contribution in [0.3, 0.4) is 0 Å². The molecule has 0 aromatic heterocycles. The number of carbonyl (C=O) groups excluding carboxylic acids is 1. The highest BCUT2D eigenvalue weighted by Crippen LogP contribution is 2.54. The first-order valence-electron chi connectivity index (χ1n) is 5.55. The second kappa shape index (κ2) is 2.86. The Balaban J connectivity index is 1.73. The molecular weight excluding hydrogens is 178 g/mol. The number of urea groups is 1. The average molecular weight is 195 g/mol. The van der Waals surface area contributed by atoms with Crippen LogP contribution in [0.1, 0.15) is 19.3 Å². The van der Waals surface area contributed by atoms with Gasteiger partial charge in [0, 0.05) is 13.1 Å². The molecule has 4 nitrogen and oxygen atoms in total. The first-order chi connectivity index (χ1) is 6.79. The number of fused-ring (bicyclic) bond motifs is 5. The molecule has 4 heteroatoms. The Labute approximate surface area is 83.8 Å². The SMILES string of the molecule is NNC(=O)N1C[C@@H]2C3CCC(C3)[C@@H]2C1. The minimum absolute atomic E-state index is 0.0983. The lowest BCUT2D eigenvalue weighted by Crippen LogP contribution is -2.42. The molecule has 0 radical (unpaired) electrons. The fourth-order valence-electron chi connectivity index (χ4n) is 3.94. The van der Waals surface area contributed by atoms with Gasteiger partial charge in [0.05, 0.1) is 0 Å². The summed E-state index contributed by atoms with van der Waals surface area (Å²) in [6, 6.07) is -0.0983. The predicted octanol–water partition coefficient (Wildman–Crippen LogP) is 0.548. The molecule has 2 saturated carbocycles. The van der Waals surface area contributed by atoms with E-state index in [4.69, 9.17) is 5.84 Å². The van der Waals surface area contributed by atoms with Crippen molar-refractivity contribution in [1.82, 2.24) is 10.3 Å². The third-order valence-electron chi connectivity index (χ3n) is 4.55. The molecule has 78 valence electrons. The maximum atomic E-state index is 11.4. The Bertz CT molecular complexity index is 250.